The number of hydrogen-bond donors (Lipinski definition) is 1. The average molecular weight is 317 g/mol. The molecule has 1 saturated heterocycles. The molecule has 0 bridgehead atoms. The van der Waals surface area contributed by atoms with Crippen LogP contribution in [0.3, 0.4) is 0 Å². The highest BCUT2D eigenvalue weighted by molar-refractivity contribution is 6.01. The van der Waals surface area contributed by atoms with E-state index in [0.29, 0.717) is 31.0 Å². The summed E-state index contributed by atoms with van der Waals surface area (Å²) in [7, 11) is 0. The number of rotatable bonds is 5. The molecule has 0 spiro atoms. The van der Waals surface area contributed by atoms with Gasteiger partial charge in [-0.05, 0) is 32.0 Å². The van der Waals surface area contributed by atoms with E-state index in [1.807, 2.05) is 19.9 Å². The molecule has 23 heavy (non-hydrogen) atoms. The molecule has 1 heterocycles. The van der Waals surface area contributed by atoms with Gasteiger partial charge in [-0.3, -0.25) is 14.4 Å². The van der Waals surface area contributed by atoms with Gasteiger partial charge in [-0.1, -0.05) is 6.07 Å². The molecular formula is C17H23N3O3. The molecule has 0 aliphatic carbocycles. The minimum absolute atomic E-state index is 0.0314. The van der Waals surface area contributed by atoms with Gasteiger partial charge in [0.25, 0.3) is 0 Å². The number of nitrogens with zero attached hydrogens (tertiary/aromatic N) is 2. The maximum absolute atomic E-state index is 12.4. The first-order valence-electron chi connectivity index (χ1n) is 7.93. The van der Waals surface area contributed by atoms with Crippen molar-refractivity contribution in [2.45, 2.75) is 27.2 Å². The van der Waals surface area contributed by atoms with Crippen LogP contribution < -0.4 is 10.2 Å². The fourth-order valence-corrected chi connectivity index (χ4v) is 2.87. The summed E-state index contributed by atoms with van der Waals surface area (Å²) in [5.41, 5.74) is 1.34. The first kappa shape index (κ1) is 17.0. The summed E-state index contributed by atoms with van der Waals surface area (Å²) in [5, 5.41) is 2.70. The molecule has 1 N–H and O–H groups in total. The average Bonchev–Trinajstić information content (AvgIpc) is 2.90. The molecule has 1 fully saturated rings. The van der Waals surface area contributed by atoms with E-state index in [9.17, 15) is 14.4 Å². The van der Waals surface area contributed by atoms with E-state index in [-0.39, 0.29) is 30.1 Å². The molecule has 0 radical (unpaired) electrons. The van der Waals surface area contributed by atoms with Crippen molar-refractivity contribution >= 4 is 29.1 Å². The van der Waals surface area contributed by atoms with Gasteiger partial charge in [-0.25, -0.2) is 0 Å². The SMILES string of the molecule is CCN(CC)C(=O)C1CC(=O)N(c2cccc(NC(C)=O)c2)C1. The lowest BCUT2D eigenvalue weighted by atomic mass is 10.1. The van der Waals surface area contributed by atoms with Gasteiger partial charge >= 0.3 is 0 Å². The van der Waals surface area contributed by atoms with Crippen molar-refractivity contribution in [1.82, 2.24) is 4.90 Å². The number of nitrogens with one attached hydrogen (secondary N) is 1. The summed E-state index contributed by atoms with van der Waals surface area (Å²) in [6.07, 6.45) is 0.236. The van der Waals surface area contributed by atoms with Crippen molar-refractivity contribution in [1.29, 1.82) is 0 Å². The van der Waals surface area contributed by atoms with Crippen LogP contribution in [0.2, 0.25) is 0 Å². The molecule has 1 aliphatic rings. The van der Waals surface area contributed by atoms with Crippen molar-refractivity contribution in [2.75, 3.05) is 29.9 Å². The molecule has 1 aromatic rings. The zero-order valence-corrected chi connectivity index (χ0v) is 13.8. The third-order valence-corrected chi connectivity index (χ3v) is 4.03. The van der Waals surface area contributed by atoms with Gasteiger partial charge in [0.05, 0.1) is 5.92 Å². The minimum Gasteiger partial charge on any atom is -0.343 e. The third kappa shape index (κ3) is 3.88. The summed E-state index contributed by atoms with van der Waals surface area (Å²) in [4.78, 5) is 39.3. The van der Waals surface area contributed by atoms with E-state index in [0.717, 1.165) is 0 Å². The van der Waals surface area contributed by atoms with Crippen molar-refractivity contribution in [3.63, 3.8) is 0 Å². The zero-order chi connectivity index (χ0) is 17.0. The maximum atomic E-state index is 12.4. The molecule has 1 aliphatic heterocycles. The Balaban J connectivity index is 2.14. The number of benzene rings is 1. The van der Waals surface area contributed by atoms with Gasteiger partial charge in [-0.2, -0.15) is 0 Å². The monoisotopic (exact) mass is 317 g/mol. The second kappa shape index (κ2) is 7.26. The second-order valence-electron chi connectivity index (χ2n) is 5.65. The van der Waals surface area contributed by atoms with Gasteiger partial charge in [0.1, 0.15) is 0 Å². The van der Waals surface area contributed by atoms with E-state index < -0.39 is 0 Å². The van der Waals surface area contributed by atoms with Crippen molar-refractivity contribution < 1.29 is 14.4 Å². The molecule has 1 unspecified atom stereocenters. The maximum Gasteiger partial charge on any atom is 0.227 e. The van der Waals surface area contributed by atoms with Crippen LogP contribution >= 0.6 is 0 Å². The lowest BCUT2D eigenvalue weighted by Crippen LogP contribution is -2.37. The van der Waals surface area contributed by atoms with E-state index in [1.54, 1.807) is 28.0 Å². The normalized spacial score (nSPS) is 17.3. The highest BCUT2D eigenvalue weighted by Gasteiger charge is 2.36. The van der Waals surface area contributed by atoms with Crippen LogP contribution in [0.5, 0.6) is 0 Å². The van der Waals surface area contributed by atoms with E-state index in [4.69, 9.17) is 0 Å². The first-order chi connectivity index (χ1) is 11.0. The van der Waals surface area contributed by atoms with Gasteiger partial charge in [0, 0.05) is 44.4 Å². The van der Waals surface area contributed by atoms with Gasteiger partial charge in [-0.15, -0.1) is 0 Å². The van der Waals surface area contributed by atoms with Gasteiger partial charge in [0.2, 0.25) is 17.7 Å². The summed E-state index contributed by atoms with van der Waals surface area (Å²) >= 11 is 0. The summed E-state index contributed by atoms with van der Waals surface area (Å²) < 4.78 is 0. The Morgan fingerprint density at radius 2 is 2.00 bits per heavy atom. The summed E-state index contributed by atoms with van der Waals surface area (Å²) in [6.45, 7) is 7.00. The Morgan fingerprint density at radius 1 is 1.30 bits per heavy atom. The predicted molar refractivity (Wildman–Crippen MR) is 89.1 cm³/mol. The van der Waals surface area contributed by atoms with Crippen LogP contribution in [0, 0.1) is 5.92 Å². The number of anilines is 2. The Kier molecular flexibility index (Phi) is 5.36. The highest BCUT2D eigenvalue weighted by atomic mass is 16.2. The van der Waals surface area contributed by atoms with Crippen LogP contribution in [-0.2, 0) is 14.4 Å². The first-order valence-corrected chi connectivity index (χ1v) is 7.93. The third-order valence-electron chi connectivity index (χ3n) is 4.03. The topological polar surface area (TPSA) is 69.7 Å². The largest absolute Gasteiger partial charge is 0.343 e. The molecular weight excluding hydrogens is 294 g/mol. The van der Waals surface area contributed by atoms with E-state index in [1.165, 1.54) is 6.92 Å². The van der Waals surface area contributed by atoms with Crippen LogP contribution in [0.15, 0.2) is 24.3 Å². The van der Waals surface area contributed by atoms with Crippen molar-refractivity contribution in [3.8, 4) is 0 Å². The minimum atomic E-state index is -0.299. The number of amides is 3. The fourth-order valence-electron chi connectivity index (χ4n) is 2.87. The number of hydrogen-bond acceptors (Lipinski definition) is 3. The molecule has 0 aromatic heterocycles. The molecule has 124 valence electrons. The molecule has 0 saturated carbocycles. The standard InChI is InChI=1S/C17H23N3O3/c1-4-19(5-2)17(23)13-9-16(22)20(11-13)15-8-6-7-14(10-15)18-12(3)21/h6-8,10,13H,4-5,9,11H2,1-3H3,(H,18,21). The van der Waals surface area contributed by atoms with Crippen LogP contribution in [0.1, 0.15) is 27.2 Å². The summed E-state index contributed by atoms with van der Waals surface area (Å²) in [6, 6.07) is 7.12. The second-order valence-corrected chi connectivity index (χ2v) is 5.65. The number of carbonyl (C=O) groups is 3. The van der Waals surface area contributed by atoms with E-state index in [2.05, 4.69) is 5.32 Å². The van der Waals surface area contributed by atoms with Gasteiger partial charge in [0.15, 0.2) is 0 Å². The molecule has 1 atom stereocenters. The predicted octanol–water partition coefficient (Wildman–Crippen LogP) is 1.87. The molecule has 6 heteroatoms. The smallest absolute Gasteiger partial charge is 0.227 e. The van der Waals surface area contributed by atoms with Crippen molar-refractivity contribution in [2.24, 2.45) is 5.92 Å². The Hall–Kier alpha value is -2.37. The Labute approximate surface area is 136 Å². The fraction of sp³-hybridized carbons (Fsp3) is 0.471. The molecule has 1 aromatic carbocycles. The lowest BCUT2D eigenvalue weighted by Gasteiger charge is -2.22. The Morgan fingerprint density at radius 3 is 2.61 bits per heavy atom. The van der Waals surface area contributed by atoms with Crippen molar-refractivity contribution in [3.05, 3.63) is 24.3 Å². The van der Waals surface area contributed by atoms with E-state index >= 15 is 0 Å². The highest BCUT2D eigenvalue weighted by Crippen LogP contribution is 2.28. The van der Waals surface area contributed by atoms with Crippen LogP contribution in [-0.4, -0.2) is 42.3 Å². The summed E-state index contributed by atoms with van der Waals surface area (Å²) in [5.74, 6) is -0.490. The molecule has 2 rings (SSSR count). The van der Waals surface area contributed by atoms with Gasteiger partial charge < -0.3 is 15.1 Å². The number of carbonyl (C=O) groups excluding carboxylic acids is 3. The lowest BCUT2D eigenvalue weighted by molar-refractivity contribution is -0.135. The Bertz CT molecular complexity index is 611. The molecule has 6 nitrogen and oxygen atoms in total. The molecule has 3 amide bonds. The van der Waals surface area contributed by atoms with Crippen LogP contribution in [0.4, 0.5) is 11.4 Å². The zero-order valence-electron chi connectivity index (χ0n) is 13.8. The quantitative estimate of drug-likeness (QED) is 0.901. The van der Waals surface area contributed by atoms with Crippen LogP contribution in [0.25, 0.3) is 0 Å².